The maximum absolute atomic E-state index is 4.42. The SMILES string of the molecule is Cc1ccc2c(c1)NCC(C)c1nnc(-c3cc(C)[nH]n3)n1-2. The predicted molar refractivity (Wildman–Crippen MR) is 85.3 cm³/mol. The number of hydrogen-bond donors (Lipinski definition) is 2. The Hall–Kier alpha value is -2.63. The lowest BCUT2D eigenvalue weighted by atomic mass is 10.1. The van der Waals surface area contributed by atoms with Crippen molar-refractivity contribution in [2.24, 2.45) is 0 Å². The maximum atomic E-state index is 4.42. The second kappa shape index (κ2) is 4.69. The molecule has 0 amide bonds. The summed E-state index contributed by atoms with van der Waals surface area (Å²) in [7, 11) is 0. The lowest BCUT2D eigenvalue weighted by Gasteiger charge is -2.11. The molecular formula is C16H18N6. The maximum Gasteiger partial charge on any atom is 0.189 e. The standard InChI is InChI=1S/C16H18N6/c1-9-4-5-14-12(6-9)17-8-10(2)15-20-21-16(22(14)15)13-7-11(3)18-19-13/h4-7,10,17H,8H2,1-3H3,(H,18,19). The molecule has 6 heteroatoms. The summed E-state index contributed by atoms with van der Waals surface area (Å²) in [5.41, 5.74) is 5.24. The molecule has 3 aromatic rings. The molecule has 6 nitrogen and oxygen atoms in total. The van der Waals surface area contributed by atoms with Gasteiger partial charge >= 0.3 is 0 Å². The normalized spacial score (nSPS) is 16.6. The van der Waals surface area contributed by atoms with Crippen LogP contribution in [0.25, 0.3) is 17.2 Å². The molecule has 0 fully saturated rings. The van der Waals surface area contributed by atoms with Crippen LogP contribution in [0.15, 0.2) is 24.3 Å². The Kier molecular flexibility index (Phi) is 2.79. The predicted octanol–water partition coefficient (Wildman–Crippen LogP) is 2.80. The second-order valence-electron chi connectivity index (χ2n) is 5.96. The highest BCUT2D eigenvalue weighted by atomic mass is 15.3. The van der Waals surface area contributed by atoms with E-state index in [1.54, 1.807) is 0 Å². The van der Waals surface area contributed by atoms with Gasteiger partial charge in [0, 0.05) is 18.2 Å². The van der Waals surface area contributed by atoms with E-state index in [0.29, 0.717) is 0 Å². The molecule has 1 aliphatic rings. The Bertz CT molecular complexity index is 844. The number of anilines is 1. The van der Waals surface area contributed by atoms with E-state index in [-0.39, 0.29) is 5.92 Å². The monoisotopic (exact) mass is 294 g/mol. The molecule has 2 aromatic heterocycles. The minimum Gasteiger partial charge on any atom is -0.383 e. The number of rotatable bonds is 1. The van der Waals surface area contributed by atoms with Crippen LogP contribution in [0.5, 0.6) is 0 Å². The van der Waals surface area contributed by atoms with Gasteiger partial charge in [-0.05, 0) is 37.6 Å². The zero-order valence-corrected chi connectivity index (χ0v) is 12.9. The molecule has 1 aliphatic heterocycles. The smallest absolute Gasteiger partial charge is 0.189 e. The van der Waals surface area contributed by atoms with Crippen LogP contribution in [0.3, 0.4) is 0 Å². The molecule has 1 atom stereocenters. The summed E-state index contributed by atoms with van der Waals surface area (Å²) in [6.07, 6.45) is 0. The van der Waals surface area contributed by atoms with Crippen LogP contribution in [0.1, 0.15) is 29.9 Å². The van der Waals surface area contributed by atoms with Gasteiger partial charge in [0.1, 0.15) is 11.5 Å². The van der Waals surface area contributed by atoms with Crippen molar-refractivity contribution < 1.29 is 0 Å². The van der Waals surface area contributed by atoms with Crippen molar-refractivity contribution in [2.75, 3.05) is 11.9 Å². The molecule has 0 saturated heterocycles. The lowest BCUT2D eigenvalue weighted by Crippen LogP contribution is -2.09. The molecule has 2 N–H and O–H groups in total. The van der Waals surface area contributed by atoms with Crippen molar-refractivity contribution in [2.45, 2.75) is 26.7 Å². The molecule has 0 aliphatic carbocycles. The fourth-order valence-corrected chi connectivity index (χ4v) is 2.89. The average molecular weight is 294 g/mol. The summed E-state index contributed by atoms with van der Waals surface area (Å²) in [4.78, 5) is 0. The minimum atomic E-state index is 0.272. The van der Waals surface area contributed by atoms with Crippen LogP contribution >= 0.6 is 0 Å². The Morgan fingerprint density at radius 1 is 1.18 bits per heavy atom. The fraction of sp³-hybridized carbons (Fsp3) is 0.312. The van der Waals surface area contributed by atoms with Crippen molar-refractivity contribution in [3.8, 4) is 17.2 Å². The van der Waals surface area contributed by atoms with Crippen LogP contribution in [0, 0.1) is 13.8 Å². The van der Waals surface area contributed by atoms with Crippen molar-refractivity contribution in [1.29, 1.82) is 0 Å². The van der Waals surface area contributed by atoms with Crippen molar-refractivity contribution in [3.05, 3.63) is 41.3 Å². The van der Waals surface area contributed by atoms with Gasteiger partial charge < -0.3 is 5.32 Å². The molecule has 0 spiro atoms. The first kappa shape index (κ1) is 13.1. The largest absolute Gasteiger partial charge is 0.383 e. The third kappa shape index (κ3) is 1.91. The number of nitrogens with one attached hydrogen (secondary N) is 2. The highest BCUT2D eigenvalue weighted by molar-refractivity contribution is 5.68. The molecule has 0 bridgehead atoms. The van der Waals surface area contributed by atoms with Gasteiger partial charge in [0.2, 0.25) is 0 Å². The number of aromatic nitrogens is 5. The zero-order chi connectivity index (χ0) is 15.3. The van der Waals surface area contributed by atoms with Gasteiger partial charge in [-0.25, -0.2) is 0 Å². The van der Waals surface area contributed by atoms with E-state index >= 15 is 0 Å². The first-order valence-corrected chi connectivity index (χ1v) is 7.46. The number of fused-ring (bicyclic) bond motifs is 3. The average Bonchev–Trinajstić information content (AvgIpc) is 3.08. The Labute approximate surface area is 128 Å². The molecule has 1 unspecified atom stereocenters. The van der Waals surface area contributed by atoms with E-state index in [1.807, 2.05) is 13.0 Å². The third-order valence-electron chi connectivity index (χ3n) is 4.06. The molecule has 0 saturated carbocycles. The third-order valence-corrected chi connectivity index (χ3v) is 4.06. The number of aryl methyl sites for hydroxylation is 2. The van der Waals surface area contributed by atoms with Crippen LogP contribution in [-0.2, 0) is 0 Å². The van der Waals surface area contributed by atoms with Gasteiger partial charge in [0.25, 0.3) is 0 Å². The van der Waals surface area contributed by atoms with E-state index in [1.165, 1.54) is 5.56 Å². The van der Waals surface area contributed by atoms with Gasteiger partial charge in [-0.3, -0.25) is 9.67 Å². The first-order valence-electron chi connectivity index (χ1n) is 7.46. The van der Waals surface area contributed by atoms with Crippen molar-refractivity contribution >= 4 is 5.69 Å². The molecule has 112 valence electrons. The first-order chi connectivity index (χ1) is 10.6. The van der Waals surface area contributed by atoms with Gasteiger partial charge in [-0.15, -0.1) is 10.2 Å². The highest BCUT2D eigenvalue weighted by Gasteiger charge is 2.25. The van der Waals surface area contributed by atoms with Crippen LogP contribution in [0.4, 0.5) is 5.69 Å². The number of nitrogens with zero attached hydrogens (tertiary/aromatic N) is 4. The van der Waals surface area contributed by atoms with Gasteiger partial charge in [0.05, 0.1) is 11.4 Å². The number of benzene rings is 1. The molecule has 4 rings (SSSR count). The molecular weight excluding hydrogens is 276 g/mol. The van der Waals surface area contributed by atoms with E-state index in [0.717, 1.165) is 41.0 Å². The van der Waals surface area contributed by atoms with Crippen LogP contribution in [-0.4, -0.2) is 31.5 Å². The summed E-state index contributed by atoms with van der Waals surface area (Å²) in [6, 6.07) is 8.39. The Morgan fingerprint density at radius 3 is 2.82 bits per heavy atom. The van der Waals surface area contributed by atoms with Gasteiger partial charge in [-0.1, -0.05) is 13.0 Å². The summed E-state index contributed by atoms with van der Waals surface area (Å²) >= 11 is 0. The van der Waals surface area contributed by atoms with Crippen LogP contribution in [0.2, 0.25) is 0 Å². The minimum absolute atomic E-state index is 0.272. The Balaban J connectivity index is 1.99. The second-order valence-corrected chi connectivity index (χ2v) is 5.96. The van der Waals surface area contributed by atoms with E-state index < -0.39 is 0 Å². The van der Waals surface area contributed by atoms with Crippen LogP contribution < -0.4 is 5.32 Å². The number of H-pyrrole nitrogens is 1. The topological polar surface area (TPSA) is 71.4 Å². The van der Waals surface area contributed by atoms with Crippen molar-refractivity contribution in [1.82, 2.24) is 25.0 Å². The number of aromatic amines is 1. The van der Waals surface area contributed by atoms with Gasteiger partial charge in [-0.2, -0.15) is 5.10 Å². The van der Waals surface area contributed by atoms with E-state index in [4.69, 9.17) is 0 Å². The lowest BCUT2D eigenvalue weighted by molar-refractivity contribution is 0.725. The quantitative estimate of drug-likeness (QED) is 0.724. The summed E-state index contributed by atoms with van der Waals surface area (Å²) < 4.78 is 2.12. The molecule has 0 radical (unpaired) electrons. The summed E-state index contributed by atoms with van der Waals surface area (Å²) in [5, 5.41) is 19.7. The molecule has 1 aromatic carbocycles. The van der Waals surface area contributed by atoms with E-state index in [9.17, 15) is 0 Å². The van der Waals surface area contributed by atoms with E-state index in [2.05, 4.69) is 62.3 Å². The molecule has 22 heavy (non-hydrogen) atoms. The highest BCUT2D eigenvalue weighted by Crippen LogP contribution is 2.33. The number of hydrogen-bond acceptors (Lipinski definition) is 4. The summed E-state index contributed by atoms with van der Waals surface area (Å²) in [6.45, 7) is 7.08. The Morgan fingerprint density at radius 2 is 2.05 bits per heavy atom. The summed E-state index contributed by atoms with van der Waals surface area (Å²) in [5.74, 6) is 2.01. The van der Waals surface area contributed by atoms with Crippen molar-refractivity contribution in [3.63, 3.8) is 0 Å². The molecule has 3 heterocycles. The zero-order valence-electron chi connectivity index (χ0n) is 12.9. The fourth-order valence-electron chi connectivity index (χ4n) is 2.89. The van der Waals surface area contributed by atoms with Gasteiger partial charge in [0.15, 0.2) is 5.82 Å².